The summed E-state index contributed by atoms with van der Waals surface area (Å²) in [6.07, 6.45) is 0. The highest BCUT2D eigenvalue weighted by Gasteiger charge is 2.28. The zero-order valence-electron chi connectivity index (χ0n) is 10.7. The monoisotopic (exact) mass is 234 g/mol. The molecule has 6 heteroatoms. The first-order chi connectivity index (χ1) is 6.83. The van der Waals surface area contributed by atoms with Gasteiger partial charge >= 0.3 is 11.9 Å². The molecule has 0 aromatic heterocycles. The Bertz CT molecular complexity index is 254. The normalized spacial score (nSPS) is 11.8. The van der Waals surface area contributed by atoms with Crippen molar-refractivity contribution in [3.05, 3.63) is 0 Å². The molecule has 0 radical (unpaired) electrons. The van der Waals surface area contributed by atoms with Gasteiger partial charge in [0.05, 0.1) is 0 Å². The van der Waals surface area contributed by atoms with Crippen LogP contribution in [0.4, 0.5) is 0 Å². The molecule has 0 amide bonds. The lowest BCUT2D eigenvalue weighted by Crippen LogP contribution is -2.45. The maximum Gasteiger partial charge on any atom is 0.323 e. The Morgan fingerprint density at radius 3 is 1.25 bits per heavy atom. The fraction of sp³-hybridized carbons (Fsp3) is 0.800. The van der Waals surface area contributed by atoms with E-state index in [-0.39, 0.29) is 0 Å². The van der Waals surface area contributed by atoms with Crippen LogP contribution < -0.4 is 5.73 Å². The lowest BCUT2D eigenvalue weighted by atomic mass is 10.1. The third kappa shape index (κ3) is 6.36. The lowest BCUT2D eigenvalue weighted by molar-refractivity contribution is -0.147. The standard InChI is InChI=1S/C6H13NO2.C4H9NO2/c1-6(2,5(8)9)7(3)4;1-4(2,5)3(6)7/h1-4H3,(H,8,9);5H2,1-2H3,(H,6,7). The van der Waals surface area contributed by atoms with Gasteiger partial charge in [0.15, 0.2) is 0 Å². The van der Waals surface area contributed by atoms with E-state index in [4.69, 9.17) is 15.9 Å². The van der Waals surface area contributed by atoms with Crippen molar-refractivity contribution in [1.82, 2.24) is 4.90 Å². The van der Waals surface area contributed by atoms with Crippen LogP contribution in [0.2, 0.25) is 0 Å². The molecule has 0 saturated heterocycles. The van der Waals surface area contributed by atoms with Crippen LogP contribution in [0.15, 0.2) is 0 Å². The van der Waals surface area contributed by atoms with E-state index < -0.39 is 23.0 Å². The highest BCUT2D eigenvalue weighted by Crippen LogP contribution is 2.08. The van der Waals surface area contributed by atoms with E-state index in [1.807, 2.05) is 0 Å². The van der Waals surface area contributed by atoms with Crippen LogP contribution in [-0.2, 0) is 9.59 Å². The largest absolute Gasteiger partial charge is 0.480 e. The quantitative estimate of drug-likeness (QED) is 0.645. The lowest BCUT2D eigenvalue weighted by Gasteiger charge is -2.27. The van der Waals surface area contributed by atoms with Gasteiger partial charge in [-0.25, -0.2) is 0 Å². The van der Waals surface area contributed by atoms with Crippen molar-refractivity contribution < 1.29 is 19.8 Å². The summed E-state index contributed by atoms with van der Waals surface area (Å²) >= 11 is 0. The average Bonchev–Trinajstić information content (AvgIpc) is 2.02. The second kappa shape index (κ2) is 5.81. The Morgan fingerprint density at radius 1 is 1.00 bits per heavy atom. The molecule has 0 atom stereocenters. The molecule has 0 fully saturated rings. The predicted molar refractivity (Wildman–Crippen MR) is 61.3 cm³/mol. The van der Waals surface area contributed by atoms with Crippen LogP contribution in [-0.4, -0.2) is 52.2 Å². The van der Waals surface area contributed by atoms with Gasteiger partial charge in [-0.3, -0.25) is 14.5 Å². The minimum Gasteiger partial charge on any atom is -0.480 e. The van der Waals surface area contributed by atoms with Gasteiger partial charge in [0.25, 0.3) is 0 Å². The van der Waals surface area contributed by atoms with Crippen molar-refractivity contribution in [2.45, 2.75) is 38.8 Å². The average molecular weight is 234 g/mol. The van der Waals surface area contributed by atoms with Gasteiger partial charge in [0.1, 0.15) is 11.1 Å². The smallest absolute Gasteiger partial charge is 0.323 e. The SMILES string of the molecule is CC(C)(N)C(=O)O.CN(C)C(C)(C)C(=O)O. The van der Waals surface area contributed by atoms with Crippen LogP contribution in [0.25, 0.3) is 0 Å². The van der Waals surface area contributed by atoms with Gasteiger partial charge in [0, 0.05) is 0 Å². The number of hydrogen-bond donors (Lipinski definition) is 3. The van der Waals surface area contributed by atoms with Crippen molar-refractivity contribution in [2.75, 3.05) is 14.1 Å². The first kappa shape index (κ1) is 17.3. The molecule has 16 heavy (non-hydrogen) atoms. The molecule has 0 aliphatic rings. The Balaban J connectivity index is 0. The van der Waals surface area contributed by atoms with Gasteiger partial charge in [-0.2, -0.15) is 0 Å². The van der Waals surface area contributed by atoms with Crippen LogP contribution in [0, 0.1) is 0 Å². The van der Waals surface area contributed by atoms with Crippen molar-refractivity contribution in [2.24, 2.45) is 5.73 Å². The van der Waals surface area contributed by atoms with Gasteiger partial charge in [-0.1, -0.05) is 0 Å². The highest BCUT2D eigenvalue weighted by atomic mass is 16.4. The van der Waals surface area contributed by atoms with E-state index in [1.165, 1.54) is 13.8 Å². The Kier molecular flexibility index (Phi) is 6.27. The molecule has 6 nitrogen and oxygen atoms in total. The van der Waals surface area contributed by atoms with Crippen LogP contribution >= 0.6 is 0 Å². The fourth-order valence-electron chi connectivity index (χ4n) is 0.191. The summed E-state index contributed by atoms with van der Waals surface area (Å²) in [6.45, 7) is 6.20. The van der Waals surface area contributed by atoms with Crippen molar-refractivity contribution in [3.8, 4) is 0 Å². The molecule has 4 N–H and O–H groups in total. The van der Waals surface area contributed by atoms with E-state index >= 15 is 0 Å². The number of aliphatic carboxylic acids is 2. The molecule has 0 bridgehead atoms. The third-order valence-electron chi connectivity index (χ3n) is 2.19. The fourth-order valence-corrected chi connectivity index (χ4v) is 0.191. The number of carboxylic acid groups (broad SMARTS) is 2. The zero-order valence-corrected chi connectivity index (χ0v) is 10.7. The van der Waals surface area contributed by atoms with Crippen LogP contribution in [0.5, 0.6) is 0 Å². The molecule has 0 aliphatic carbocycles. The van der Waals surface area contributed by atoms with Crippen molar-refractivity contribution in [1.29, 1.82) is 0 Å². The Morgan fingerprint density at radius 2 is 1.25 bits per heavy atom. The molecular formula is C10H22N2O4. The molecule has 0 unspecified atom stereocenters. The maximum atomic E-state index is 10.4. The number of carboxylic acids is 2. The summed E-state index contributed by atoms with van der Waals surface area (Å²) < 4.78 is 0. The highest BCUT2D eigenvalue weighted by molar-refractivity contribution is 5.77. The van der Waals surface area contributed by atoms with E-state index in [0.29, 0.717) is 0 Å². The van der Waals surface area contributed by atoms with E-state index in [2.05, 4.69) is 0 Å². The van der Waals surface area contributed by atoms with Crippen LogP contribution in [0.1, 0.15) is 27.7 Å². The molecular weight excluding hydrogens is 212 g/mol. The predicted octanol–water partition coefficient (Wildman–Crippen LogP) is 0.220. The number of hydrogen-bond acceptors (Lipinski definition) is 4. The number of likely N-dealkylation sites (N-methyl/N-ethyl adjacent to an activating group) is 1. The van der Waals surface area contributed by atoms with E-state index in [0.717, 1.165) is 0 Å². The van der Waals surface area contributed by atoms with Gasteiger partial charge in [-0.15, -0.1) is 0 Å². The van der Waals surface area contributed by atoms with E-state index in [1.54, 1.807) is 32.8 Å². The molecule has 96 valence electrons. The van der Waals surface area contributed by atoms with Crippen LogP contribution in [0.3, 0.4) is 0 Å². The molecule has 0 aliphatic heterocycles. The topological polar surface area (TPSA) is 104 Å². The number of nitrogens with zero attached hydrogens (tertiary/aromatic N) is 1. The number of rotatable bonds is 3. The first-order valence-electron chi connectivity index (χ1n) is 4.76. The van der Waals surface area contributed by atoms with Gasteiger partial charge in [0.2, 0.25) is 0 Å². The first-order valence-corrected chi connectivity index (χ1v) is 4.76. The Hall–Kier alpha value is -1.14. The number of nitrogens with two attached hydrogens (primary N) is 1. The van der Waals surface area contributed by atoms with Crippen molar-refractivity contribution >= 4 is 11.9 Å². The third-order valence-corrected chi connectivity index (χ3v) is 2.19. The summed E-state index contributed by atoms with van der Waals surface area (Å²) in [5, 5.41) is 16.7. The molecule has 0 saturated carbocycles. The second-order valence-electron chi connectivity index (χ2n) is 4.79. The van der Waals surface area contributed by atoms with E-state index in [9.17, 15) is 9.59 Å². The second-order valence-corrected chi connectivity index (χ2v) is 4.79. The summed E-state index contributed by atoms with van der Waals surface area (Å²) in [5.74, 6) is -1.78. The summed E-state index contributed by atoms with van der Waals surface area (Å²) in [5.41, 5.74) is 3.25. The van der Waals surface area contributed by atoms with Gasteiger partial charge < -0.3 is 15.9 Å². The summed E-state index contributed by atoms with van der Waals surface area (Å²) in [7, 11) is 3.49. The molecule has 0 rings (SSSR count). The molecule has 0 aromatic carbocycles. The molecule has 0 spiro atoms. The minimum atomic E-state index is -1.08. The zero-order chi connectivity index (χ0) is 13.7. The summed E-state index contributed by atoms with van der Waals surface area (Å²) in [4.78, 5) is 22.0. The molecule has 0 heterocycles. The summed E-state index contributed by atoms with van der Waals surface area (Å²) in [6, 6.07) is 0. The van der Waals surface area contributed by atoms with Gasteiger partial charge in [-0.05, 0) is 41.8 Å². The number of carbonyl (C=O) groups is 2. The Labute approximate surface area is 96.0 Å². The molecule has 0 aromatic rings. The maximum absolute atomic E-state index is 10.4. The minimum absolute atomic E-state index is 0.750. The van der Waals surface area contributed by atoms with Crippen molar-refractivity contribution in [3.63, 3.8) is 0 Å².